The lowest BCUT2D eigenvalue weighted by Crippen LogP contribution is -2.10. The number of nitrogens with zero attached hydrogens (tertiary/aromatic N) is 2. The summed E-state index contributed by atoms with van der Waals surface area (Å²) in [4.78, 5) is 9.76. The van der Waals surface area contributed by atoms with Gasteiger partial charge in [0.05, 0.1) is 4.88 Å². The van der Waals surface area contributed by atoms with E-state index in [1.807, 2.05) is 41.8 Å². The highest BCUT2D eigenvalue weighted by atomic mass is 32.1. The molecule has 1 aliphatic rings. The van der Waals surface area contributed by atoms with Gasteiger partial charge in [0.25, 0.3) is 0 Å². The number of anilines is 1. The van der Waals surface area contributed by atoms with Gasteiger partial charge in [-0.05, 0) is 17.0 Å². The van der Waals surface area contributed by atoms with Gasteiger partial charge in [0.2, 0.25) is 5.95 Å². The quantitative estimate of drug-likeness (QED) is 0.743. The second kappa shape index (κ2) is 4.31. The Morgan fingerprint density at radius 3 is 2.75 bits per heavy atom. The number of aromatic nitrogens is 2. The van der Waals surface area contributed by atoms with Gasteiger partial charge in [-0.15, -0.1) is 11.3 Å². The molecule has 0 aliphatic carbocycles. The largest absolute Gasteiger partial charge is 0.484 e. The van der Waals surface area contributed by atoms with Gasteiger partial charge in [-0.25, -0.2) is 9.97 Å². The van der Waals surface area contributed by atoms with E-state index in [1.165, 1.54) is 0 Å². The maximum atomic E-state index is 5.89. The van der Waals surface area contributed by atoms with E-state index in [2.05, 4.69) is 9.97 Å². The Kier molecular flexibility index (Phi) is 2.47. The number of hydrogen-bond acceptors (Lipinski definition) is 5. The fourth-order valence-corrected chi connectivity index (χ4v) is 3.11. The summed E-state index contributed by atoms with van der Waals surface area (Å²) in [5.74, 6) is 0.993. The lowest BCUT2D eigenvalue weighted by Gasteiger charge is -2.21. The second-order valence-corrected chi connectivity index (χ2v) is 5.48. The minimum absolute atomic E-state index is 0.271. The van der Waals surface area contributed by atoms with Crippen molar-refractivity contribution in [3.05, 3.63) is 47.3 Å². The SMILES string of the molecule is Nc1nc(-c2cccs2)c2c(n1)-c1ccccc1CO2. The first-order chi connectivity index (χ1) is 9.83. The van der Waals surface area contributed by atoms with E-state index in [0.29, 0.717) is 6.61 Å². The molecule has 5 heteroatoms. The molecule has 98 valence electrons. The number of nitrogen functional groups attached to an aromatic ring is 1. The van der Waals surface area contributed by atoms with Gasteiger partial charge in [-0.1, -0.05) is 30.3 Å². The van der Waals surface area contributed by atoms with Gasteiger partial charge in [-0.3, -0.25) is 0 Å². The van der Waals surface area contributed by atoms with E-state index in [4.69, 9.17) is 10.5 Å². The summed E-state index contributed by atoms with van der Waals surface area (Å²) >= 11 is 1.61. The molecule has 4 nitrogen and oxygen atoms in total. The van der Waals surface area contributed by atoms with Gasteiger partial charge in [0, 0.05) is 5.56 Å². The van der Waals surface area contributed by atoms with Crippen molar-refractivity contribution in [3.8, 4) is 27.6 Å². The standard InChI is InChI=1S/C15H11N3OS/c16-15-17-12-10-5-2-1-4-9(10)8-19-14(12)13(18-15)11-6-3-7-20-11/h1-7H,8H2,(H2,16,17,18). The Balaban J connectivity index is 2.01. The lowest BCUT2D eigenvalue weighted by molar-refractivity contribution is 0.301. The lowest BCUT2D eigenvalue weighted by atomic mass is 10.0. The van der Waals surface area contributed by atoms with Crippen molar-refractivity contribution in [1.29, 1.82) is 0 Å². The summed E-state index contributed by atoms with van der Waals surface area (Å²) in [5, 5.41) is 2.01. The molecule has 4 rings (SSSR count). The number of ether oxygens (including phenoxy) is 1. The summed E-state index contributed by atoms with van der Waals surface area (Å²) in [6.07, 6.45) is 0. The fraction of sp³-hybridized carbons (Fsp3) is 0.0667. The highest BCUT2D eigenvalue weighted by Crippen LogP contribution is 2.42. The molecule has 1 aliphatic heterocycles. The van der Waals surface area contributed by atoms with Crippen LogP contribution in [-0.4, -0.2) is 9.97 Å². The number of benzene rings is 1. The molecule has 0 spiro atoms. The summed E-state index contributed by atoms with van der Waals surface area (Å²) in [6.45, 7) is 0.537. The van der Waals surface area contributed by atoms with Crippen molar-refractivity contribution >= 4 is 17.3 Å². The van der Waals surface area contributed by atoms with Crippen LogP contribution in [0.1, 0.15) is 5.56 Å². The van der Waals surface area contributed by atoms with Gasteiger partial charge in [0.15, 0.2) is 5.75 Å². The molecule has 0 amide bonds. The number of thiophene rings is 1. The van der Waals surface area contributed by atoms with E-state index >= 15 is 0 Å². The van der Waals surface area contributed by atoms with Gasteiger partial charge in [-0.2, -0.15) is 0 Å². The van der Waals surface area contributed by atoms with E-state index in [0.717, 1.165) is 33.1 Å². The van der Waals surface area contributed by atoms with Crippen molar-refractivity contribution in [3.63, 3.8) is 0 Å². The molecule has 0 fully saturated rings. The van der Waals surface area contributed by atoms with Crippen LogP contribution in [0, 0.1) is 0 Å². The Labute approximate surface area is 119 Å². The Hall–Kier alpha value is -2.40. The van der Waals surface area contributed by atoms with E-state index in [9.17, 15) is 0 Å². The third-order valence-corrected chi connectivity index (χ3v) is 4.16. The Morgan fingerprint density at radius 1 is 1.05 bits per heavy atom. The van der Waals surface area contributed by atoms with E-state index < -0.39 is 0 Å². The average Bonchev–Trinajstić information content (AvgIpc) is 3.00. The predicted octanol–water partition coefficient (Wildman–Crippen LogP) is 3.35. The van der Waals surface area contributed by atoms with Gasteiger partial charge in [0.1, 0.15) is 18.0 Å². The van der Waals surface area contributed by atoms with Gasteiger partial charge >= 0.3 is 0 Å². The zero-order chi connectivity index (χ0) is 13.5. The molecule has 1 aromatic carbocycles. The topological polar surface area (TPSA) is 61.0 Å². The maximum absolute atomic E-state index is 5.89. The van der Waals surface area contributed by atoms with Crippen LogP contribution in [0.15, 0.2) is 41.8 Å². The van der Waals surface area contributed by atoms with E-state index in [1.54, 1.807) is 11.3 Å². The van der Waals surface area contributed by atoms with Crippen LogP contribution in [0.2, 0.25) is 0 Å². The highest BCUT2D eigenvalue weighted by Gasteiger charge is 2.24. The molecule has 0 bridgehead atoms. The van der Waals surface area contributed by atoms with E-state index in [-0.39, 0.29) is 5.95 Å². The van der Waals surface area contributed by atoms with Crippen molar-refractivity contribution in [2.75, 3.05) is 5.73 Å². The van der Waals surface area contributed by atoms with Crippen molar-refractivity contribution in [2.24, 2.45) is 0 Å². The first-order valence-corrected chi connectivity index (χ1v) is 7.13. The maximum Gasteiger partial charge on any atom is 0.221 e. The molecule has 0 atom stereocenters. The smallest absolute Gasteiger partial charge is 0.221 e. The fourth-order valence-electron chi connectivity index (χ4n) is 2.39. The highest BCUT2D eigenvalue weighted by molar-refractivity contribution is 7.13. The third-order valence-electron chi connectivity index (χ3n) is 3.28. The first-order valence-electron chi connectivity index (χ1n) is 6.25. The van der Waals surface area contributed by atoms with Crippen LogP contribution < -0.4 is 10.5 Å². The van der Waals surface area contributed by atoms with Crippen LogP contribution >= 0.6 is 11.3 Å². The first kappa shape index (κ1) is 11.4. The molecule has 0 unspecified atom stereocenters. The van der Waals surface area contributed by atoms with Crippen LogP contribution in [-0.2, 0) is 6.61 Å². The number of fused-ring (bicyclic) bond motifs is 3. The van der Waals surface area contributed by atoms with Crippen LogP contribution in [0.5, 0.6) is 5.75 Å². The molecular formula is C15H11N3OS. The van der Waals surface area contributed by atoms with Crippen molar-refractivity contribution < 1.29 is 4.74 Å². The summed E-state index contributed by atoms with van der Waals surface area (Å²) < 4.78 is 5.89. The molecule has 2 aromatic heterocycles. The second-order valence-electron chi connectivity index (χ2n) is 4.53. The van der Waals surface area contributed by atoms with Crippen LogP contribution in [0.25, 0.3) is 21.8 Å². The van der Waals surface area contributed by atoms with Gasteiger partial charge < -0.3 is 10.5 Å². The minimum atomic E-state index is 0.271. The summed E-state index contributed by atoms with van der Waals surface area (Å²) in [5.41, 5.74) is 9.62. The Morgan fingerprint density at radius 2 is 1.90 bits per heavy atom. The monoisotopic (exact) mass is 281 g/mol. The Bertz CT molecular complexity index is 784. The number of rotatable bonds is 1. The average molecular weight is 281 g/mol. The molecule has 2 N–H and O–H groups in total. The molecule has 3 aromatic rings. The van der Waals surface area contributed by atoms with Crippen molar-refractivity contribution in [2.45, 2.75) is 6.61 Å². The molecule has 3 heterocycles. The predicted molar refractivity (Wildman–Crippen MR) is 79.5 cm³/mol. The van der Waals surface area contributed by atoms with Crippen LogP contribution in [0.3, 0.4) is 0 Å². The molecule has 0 saturated carbocycles. The zero-order valence-electron chi connectivity index (χ0n) is 10.5. The summed E-state index contributed by atoms with van der Waals surface area (Å²) in [6, 6.07) is 12.1. The molecule has 0 saturated heterocycles. The zero-order valence-corrected chi connectivity index (χ0v) is 11.4. The summed E-state index contributed by atoms with van der Waals surface area (Å²) in [7, 11) is 0. The molecule has 0 radical (unpaired) electrons. The normalized spacial score (nSPS) is 12.4. The number of hydrogen-bond donors (Lipinski definition) is 1. The third kappa shape index (κ3) is 1.67. The van der Waals surface area contributed by atoms with Crippen molar-refractivity contribution in [1.82, 2.24) is 9.97 Å². The minimum Gasteiger partial charge on any atom is -0.484 e. The number of nitrogens with two attached hydrogens (primary N) is 1. The molecular weight excluding hydrogens is 270 g/mol. The van der Waals surface area contributed by atoms with Crippen LogP contribution in [0.4, 0.5) is 5.95 Å². The molecule has 20 heavy (non-hydrogen) atoms.